The Labute approximate surface area is 616 Å². The van der Waals surface area contributed by atoms with Gasteiger partial charge >= 0.3 is 0 Å². The van der Waals surface area contributed by atoms with E-state index in [4.69, 9.17) is 0 Å². The maximum atomic E-state index is 4.38. The van der Waals surface area contributed by atoms with Gasteiger partial charge in [0.2, 0.25) is 0 Å². The highest BCUT2D eigenvalue weighted by Gasteiger charge is 2.27. The third-order valence-electron chi connectivity index (χ3n) is 20.7. The van der Waals surface area contributed by atoms with Crippen LogP contribution in [0.5, 0.6) is 0 Å². The van der Waals surface area contributed by atoms with Gasteiger partial charge in [-0.2, -0.15) is 0 Å². The smallest absolute Gasteiger partial charge is 0.0619 e. The predicted octanol–water partition coefficient (Wildman–Crippen LogP) is 26.9. The lowest BCUT2D eigenvalue weighted by Gasteiger charge is -2.27. The van der Waals surface area contributed by atoms with Crippen LogP contribution in [-0.4, -0.2) is 19.1 Å². The molecule has 0 radical (unpaired) electrons. The fourth-order valence-corrected chi connectivity index (χ4v) is 16.0. The summed E-state index contributed by atoms with van der Waals surface area (Å²) in [5.74, 6) is 0. The fourth-order valence-electron chi connectivity index (χ4n) is 16.0. The standard InChI is InChI=1S/C100H68N6/c1-7-25-71(26-8-1)97-91-55-53-85(67-93(91)105(79-35-15-5-16-36-79)99(97)75-29-11-3-12-30-75)103(83-39-23-33-77(65-83)69-57-61-101-62-58-69)81-49-45-73(46-50-81)95-87-41-19-21-43-89(87)96(90-44-22-20-42-88(90)95)74-47-51-82(52-48-74)104(84-40-24-34-78(66-84)70-59-63-102-64-60-70)86-54-56-92-94(68-86)106(80-37-17-6-18-38-80)100(76-31-13-4-14-32-76)98(92)72-27-9-2-10-28-72/h1-68H. The molecule has 106 heavy (non-hydrogen) atoms. The zero-order valence-electron chi connectivity index (χ0n) is 57.9. The second-order valence-electron chi connectivity index (χ2n) is 26.8. The van der Waals surface area contributed by atoms with Gasteiger partial charge in [0, 0.05) is 92.2 Å². The van der Waals surface area contributed by atoms with Crippen LogP contribution in [0.4, 0.5) is 34.1 Å². The van der Waals surface area contributed by atoms with E-state index in [1.54, 1.807) is 0 Å². The van der Waals surface area contributed by atoms with Gasteiger partial charge in [0.25, 0.3) is 0 Å². The van der Waals surface area contributed by atoms with Crippen molar-refractivity contribution >= 4 is 77.5 Å². The molecule has 15 aromatic carbocycles. The van der Waals surface area contributed by atoms with Crippen molar-refractivity contribution in [2.24, 2.45) is 0 Å². The summed E-state index contributed by atoms with van der Waals surface area (Å²) in [7, 11) is 0. The molecule has 6 heteroatoms. The third kappa shape index (κ3) is 11.3. The third-order valence-corrected chi connectivity index (χ3v) is 20.7. The molecule has 0 amide bonds. The zero-order valence-corrected chi connectivity index (χ0v) is 57.9. The minimum Gasteiger partial charge on any atom is -0.310 e. The molecular formula is C100H68N6. The monoisotopic (exact) mass is 1350 g/mol. The van der Waals surface area contributed by atoms with E-state index in [0.29, 0.717) is 0 Å². The second kappa shape index (κ2) is 27.3. The van der Waals surface area contributed by atoms with Gasteiger partial charge in [-0.05, 0) is 210 Å². The van der Waals surface area contributed by atoms with Crippen molar-refractivity contribution in [1.82, 2.24) is 19.1 Å². The van der Waals surface area contributed by atoms with Crippen LogP contribution in [-0.2, 0) is 0 Å². The van der Waals surface area contributed by atoms with Crippen LogP contribution >= 0.6 is 0 Å². The highest BCUT2D eigenvalue weighted by atomic mass is 15.2. The molecule has 0 fully saturated rings. The first kappa shape index (κ1) is 62.8. The Morgan fingerprint density at radius 3 is 0.811 bits per heavy atom. The molecule has 19 aromatic rings. The van der Waals surface area contributed by atoms with Gasteiger partial charge in [0.1, 0.15) is 0 Å². The number of fused-ring (bicyclic) bond motifs is 4. The van der Waals surface area contributed by atoms with E-state index >= 15 is 0 Å². The summed E-state index contributed by atoms with van der Waals surface area (Å²) < 4.78 is 4.90. The largest absolute Gasteiger partial charge is 0.310 e. The molecule has 498 valence electrons. The predicted molar refractivity (Wildman–Crippen MR) is 444 cm³/mol. The van der Waals surface area contributed by atoms with Gasteiger partial charge in [0.05, 0.1) is 22.4 Å². The molecule has 0 spiro atoms. The Bertz CT molecular complexity index is 5930. The lowest BCUT2D eigenvalue weighted by atomic mass is 9.86. The van der Waals surface area contributed by atoms with E-state index in [1.165, 1.54) is 54.6 Å². The first-order valence-electron chi connectivity index (χ1n) is 36.1. The second-order valence-corrected chi connectivity index (χ2v) is 26.8. The Morgan fingerprint density at radius 1 is 0.179 bits per heavy atom. The molecule has 19 rings (SSSR count). The lowest BCUT2D eigenvalue weighted by Crippen LogP contribution is -2.10. The quantitative estimate of drug-likeness (QED) is 0.0904. The molecule has 0 aliphatic heterocycles. The molecule has 0 saturated carbocycles. The van der Waals surface area contributed by atoms with E-state index in [0.717, 1.165) is 124 Å². The van der Waals surface area contributed by atoms with Crippen LogP contribution in [0, 0.1) is 0 Å². The summed E-state index contributed by atoms with van der Waals surface area (Å²) in [4.78, 5) is 13.6. The topological polar surface area (TPSA) is 42.1 Å². The average Bonchev–Trinajstić information content (AvgIpc) is 1.56. The maximum Gasteiger partial charge on any atom is 0.0619 e. The summed E-state index contributed by atoms with van der Waals surface area (Å²) in [6, 6.07) is 141. The first-order chi connectivity index (χ1) is 52.6. The van der Waals surface area contributed by atoms with Crippen molar-refractivity contribution in [1.29, 1.82) is 0 Å². The van der Waals surface area contributed by atoms with Crippen molar-refractivity contribution < 1.29 is 0 Å². The number of hydrogen-bond acceptors (Lipinski definition) is 4. The summed E-state index contributed by atoms with van der Waals surface area (Å²) in [6.45, 7) is 0. The molecular weight excluding hydrogens is 1290 g/mol. The van der Waals surface area contributed by atoms with Crippen LogP contribution in [0.25, 0.3) is 144 Å². The van der Waals surface area contributed by atoms with E-state index < -0.39 is 0 Å². The van der Waals surface area contributed by atoms with E-state index in [1.807, 2.05) is 24.8 Å². The number of nitrogens with zero attached hydrogens (tertiary/aromatic N) is 6. The Morgan fingerprint density at radius 2 is 0.462 bits per heavy atom. The maximum absolute atomic E-state index is 4.38. The highest BCUT2D eigenvalue weighted by Crippen LogP contribution is 2.51. The normalized spacial score (nSPS) is 11.4. The van der Waals surface area contributed by atoms with Gasteiger partial charge in [-0.3, -0.25) is 9.97 Å². The molecule has 6 nitrogen and oxygen atoms in total. The van der Waals surface area contributed by atoms with Gasteiger partial charge in [0.15, 0.2) is 0 Å². The van der Waals surface area contributed by atoms with Gasteiger partial charge in [-0.15, -0.1) is 0 Å². The van der Waals surface area contributed by atoms with E-state index in [9.17, 15) is 0 Å². The molecule has 0 aliphatic carbocycles. The molecule has 0 unspecified atom stereocenters. The van der Waals surface area contributed by atoms with Crippen LogP contribution < -0.4 is 9.80 Å². The minimum atomic E-state index is 1.03. The van der Waals surface area contributed by atoms with Crippen molar-refractivity contribution in [3.63, 3.8) is 0 Å². The molecule has 0 saturated heterocycles. The lowest BCUT2D eigenvalue weighted by molar-refractivity contribution is 1.13. The zero-order chi connectivity index (χ0) is 70.3. The minimum absolute atomic E-state index is 1.03. The number of rotatable bonds is 16. The Hall–Kier alpha value is -14.2. The van der Waals surface area contributed by atoms with Crippen LogP contribution in [0.15, 0.2) is 413 Å². The Kier molecular flexibility index (Phi) is 16.2. The summed E-state index contributed by atoms with van der Waals surface area (Å²) in [6.07, 6.45) is 7.46. The number of benzene rings is 15. The van der Waals surface area contributed by atoms with Crippen molar-refractivity contribution in [2.75, 3.05) is 9.80 Å². The van der Waals surface area contributed by atoms with Gasteiger partial charge < -0.3 is 18.9 Å². The number of pyridine rings is 2. The van der Waals surface area contributed by atoms with Gasteiger partial charge in [-0.1, -0.05) is 267 Å². The van der Waals surface area contributed by atoms with Gasteiger partial charge in [-0.25, -0.2) is 0 Å². The van der Waals surface area contributed by atoms with Crippen molar-refractivity contribution in [3.05, 3.63) is 413 Å². The fraction of sp³-hybridized carbons (Fsp3) is 0. The van der Waals surface area contributed by atoms with Crippen LogP contribution in [0.3, 0.4) is 0 Å². The SMILES string of the molecule is c1ccc(-c2c(-c3ccccc3)n(-c3ccccc3)c3cc(N(c4ccc(-c5c6ccccc6c(-c6ccc(N(c7cccc(-c8ccncc8)c7)c7ccc8c(-c9ccccc9)c(-c9ccccc9)n(-c9ccccc9)c8c7)cc6)c6ccccc56)cc4)c4cccc(-c5ccncc5)c4)ccc23)cc1. The van der Waals surface area contributed by atoms with E-state index in [2.05, 4.69) is 417 Å². The summed E-state index contributed by atoms with van der Waals surface area (Å²) in [5, 5.41) is 7.06. The number of anilines is 6. The van der Waals surface area contributed by atoms with Crippen LogP contribution in [0.2, 0.25) is 0 Å². The number of para-hydroxylation sites is 2. The van der Waals surface area contributed by atoms with Crippen LogP contribution in [0.1, 0.15) is 0 Å². The molecule has 4 heterocycles. The van der Waals surface area contributed by atoms with Crippen molar-refractivity contribution in [2.45, 2.75) is 0 Å². The molecule has 0 N–H and O–H groups in total. The van der Waals surface area contributed by atoms with Crippen molar-refractivity contribution in [3.8, 4) is 101 Å². The molecule has 0 aliphatic rings. The number of hydrogen-bond donors (Lipinski definition) is 0. The van der Waals surface area contributed by atoms with E-state index in [-0.39, 0.29) is 0 Å². The first-order valence-corrected chi connectivity index (χ1v) is 36.1. The molecule has 4 aromatic heterocycles. The highest BCUT2D eigenvalue weighted by molar-refractivity contribution is 6.22. The summed E-state index contributed by atoms with van der Waals surface area (Å²) in [5.41, 5.74) is 28.9. The molecule has 0 bridgehead atoms. The molecule has 0 atom stereocenters. The Balaban J connectivity index is 0.750. The summed E-state index contributed by atoms with van der Waals surface area (Å²) >= 11 is 0. The average molecular weight is 1350 g/mol. The number of aromatic nitrogens is 4.